The number of allylic oxidation sites excluding steroid dienone is 3. The zero-order chi connectivity index (χ0) is 21.7. The largest absolute Gasteiger partial charge is 0.383 e. The molecule has 6 nitrogen and oxygen atoms in total. The number of dihydropyridines is 1. The molecule has 0 unspecified atom stereocenters. The van der Waals surface area contributed by atoms with Crippen molar-refractivity contribution in [3.05, 3.63) is 77.9 Å². The standard InChI is InChI=1S/C23H34N6/c1-10-16(4)29(9)22-13-21(23(28(7)8)26-18(22)6)27-20-11-12-24-14-19(20)17(5)25-15(2)3/h10-15,25-26H,5-6H2,1-4,7-9H3,(H,24,27)/b16-10-. The summed E-state index contributed by atoms with van der Waals surface area (Å²) in [5.74, 6) is 0.940. The highest BCUT2D eigenvalue weighted by Crippen LogP contribution is 2.28. The molecule has 1 aliphatic heterocycles. The molecule has 6 heteroatoms. The zero-order valence-corrected chi connectivity index (χ0v) is 18.7. The number of hydrogen-bond acceptors (Lipinski definition) is 6. The van der Waals surface area contributed by atoms with E-state index in [1.165, 1.54) is 0 Å². The first kappa shape index (κ1) is 22.1. The lowest BCUT2D eigenvalue weighted by atomic mass is 10.1. The van der Waals surface area contributed by atoms with Gasteiger partial charge in [0, 0.05) is 56.5 Å². The number of hydrogen-bond donors (Lipinski definition) is 3. The summed E-state index contributed by atoms with van der Waals surface area (Å²) in [6.45, 7) is 16.7. The van der Waals surface area contributed by atoms with Gasteiger partial charge < -0.3 is 25.8 Å². The summed E-state index contributed by atoms with van der Waals surface area (Å²) in [6, 6.07) is 2.25. The summed E-state index contributed by atoms with van der Waals surface area (Å²) < 4.78 is 0. The molecule has 0 atom stereocenters. The van der Waals surface area contributed by atoms with Gasteiger partial charge in [0.2, 0.25) is 0 Å². The van der Waals surface area contributed by atoms with Gasteiger partial charge in [-0.3, -0.25) is 4.98 Å². The molecular weight excluding hydrogens is 360 g/mol. The Morgan fingerprint density at radius 3 is 2.55 bits per heavy atom. The molecule has 156 valence electrons. The minimum Gasteiger partial charge on any atom is -0.383 e. The van der Waals surface area contributed by atoms with E-state index in [-0.39, 0.29) is 6.04 Å². The molecule has 1 aromatic rings. The fourth-order valence-electron chi connectivity index (χ4n) is 3.01. The van der Waals surface area contributed by atoms with Crippen molar-refractivity contribution in [2.75, 3.05) is 26.5 Å². The maximum Gasteiger partial charge on any atom is 0.130 e. The summed E-state index contributed by atoms with van der Waals surface area (Å²) in [5, 5.41) is 10.4. The van der Waals surface area contributed by atoms with E-state index in [2.05, 4.69) is 71.9 Å². The van der Waals surface area contributed by atoms with Gasteiger partial charge in [0.15, 0.2) is 0 Å². The molecular formula is C23H34N6. The monoisotopic (exact) mass is 394 g/mol. The third kappa shape index (κ3) is 5.22. The molecule has 2 rings (SSSR count). The quantitative estimate of drug-likeness (QED) is 0.618. The van der Waals surface area contributed by atoms with Gasteiger partial charge in [-0.2, -0.15) is 0 Å². The van der Waals surface area contributed by atoms with Crippen LogP contribution in [0, 0.1) is 0 Å². The highest BCUT2D eigenvalue weighted by atomic mass is 15.3. The van der Waals surface area contributed by atoms with Crippen LogP contribution in [-0.4, -0.2) is 42.0 Å². The van der Waals surface area contributed by atoms with E-state index in [9.17, 15) is 0 Å². The molecule has 1 aromatic heterocycles. The van der Waals surface area contributed by atoms with Crippen LogP contribution in [0.5, 0.6) is 0 Å². The molecule has 1 aliphatic rings. The van der Waals surface area contributed by atoms with Crippen molar-refractivity contribution in [1.82, 2.24) is 25.4 Å². The van der Waals surface area contributed by atoms with E-state index in [0.717, 1.165) is 45.6 Å². The Bertz CT molecular complexity index is 873. The fourth-order valence-corrected chi connectivity index (χ4v) is 3.01. The molecule has 0 radical (unpaired) electrons. The van der Waals surface area contributed by atoms with E-state index in [1.54, 1.807) is 6.20 Å². The van der Waals surface area contributed by atoms with Gasteiger partial charge in [-0.15, -0.1) is 0 Å². The van der Waals surface area contributed by atoms with Crippen LogP contribution in [-0.2, 0) is 0 Å². The molecule has 0 fully saturated rings. The first-order valence-corrected chi connectivity index (χ1v) is 9.78. The molecule has 29 heavy (non-hydrogen) atoms. The van der Waals surface area contributed by atoms with Gasteiger partial charge in [-0.25, -0.2) is 0 Å². The van der Waals surface area contributed by atoms with Gasteiger partial charge in [-0.1, -0.05) is 19.2 Å². The molecule has 0 saturated heterocycles. The number of nitrogens with one attached hydrogen (secondary N) is 3. The Morgan fingerprint density at radius 2 is 1.97 bits per heavy atom. The number of anilines is 1. The summed E-state index contributed by atoms with van der Waals surface area (Å²) in [5.41, 5.74) is 6.64. The first-order valence-electron chi connectivity index (χ1n) is 9.78. The van der Waals surface area contributed by atoms with E-state index in [4.69, 9.17) is 0 Å². The Kier molecular flexibility index (Phi) is 7.15. The predicted molar refractivity (Wildman–Crippen MR) is 123 cm³/mol. The highest BCUT2D eigenvalue weighted by molar-refractivity contribution is 5.75. The summed E-state index contributed by atoms with van der Waals surface area (Å²) in [7, 11) is 6.05. The molecule has 0 aliphatic carbocycles. The fraction of sp³-hybridized carbons (Fsp3) is 0.348. The average Bonchev–Trinajstić information content (AvgIpc) is 2.67. The molecule has 0 amide bonds. The summed E-state index contributed by atoms with van der Waals surface area (Å²) in [6.07, 6.45) is 7.80. The number of pyridine rings is 1. The third-order valence-electron chi connectivity index (χ3n) is 4.75. The van der Waals surface area contributed by atoms with Crippen LogP contribution in [0.4, 0.5) is 5.69 Å². The van der Waals surface area contributed by atoms with Crippen LogP contribution >= 0.6 is 0 Å². The molecule has 0 saturated carbocycles. The molecule has 0 spiro atoms. The summed E-state index contributed by atoms with van der Waals surface area (Å²) >= 11 is 0. The number of nitrogens with zero attached hydrogens (tertiary/aromatic N) is 3. The van der Waals surface area contributed by atoms with Crippen LogP contribution in [0.1, 0.15) is 33.3 Å². The van der Waals surface area contributed by atoms with Crippen molar-refractivity contribution in [3.63, 3.8) is 0 Å². The second-order valence-electron chi connectivity index (χ2n) is 7.60. The molecule has 0 bridgehead atoms. The lowest BCUT2D eigenvalue weighted by molar-refractivity contribution is 0.453. The van der Waals surface area contributed by atoms with Crippen LogP contribution in [0.2, 0.25) is 0 Å². The maximum atomic E-state index is 4.28. The highest BCUT2D eigenvalue weighted by Gasteiger charge is 2.21. The topological polar surface area (TPSA) is 55.5 Å². The van der Waals surface area contributed by atoms with Crippen LogP contribution in [0.15, 0.2) is 72.4 Å². The second kappa shape index (κ2) is 9.37. The lowest BCUT2D eigenvalue weighted by Crippen LogP contribution is -2.35. The zero-order valence-electron chi connectivity index (χ0n) is 18.7. The van der Waals surface area contributed by atoms with E-state index < -0.39 is 0 Å². The average molecular weight is 395 g/mol. The van der Waals surface area contributed by atoms with Gasteiger partial charge in [0.1, 0.15) is 5.82 Å². The second-order valence-corrected chi connectivity index (χ2v) is 7.60. The minimum atomic E-state index is 0.288. The van der Waals surface area contributed by atoms with Gasteiger partial charge in [0.25, 0.3) is 0 Å². The number of aromatic nitrogens is 1. The predicted octanol–water partition coefficient (Wildman–Crippen LogP) is 4.05. The first-order chi connectivity index (χ1) is 13.6. The van der Waals surface area contributed by atoms with Crippen molar-refractivity contribution >= 4 is 11.4 Å². The Hall–Kier alpha value is -3.15. The Labute approximate surface area is 175 Å². The number of likely N-dealkylation sites (N-methyl/N-ethyl adjacent to an activating group) is 1. The minimum absolute atomic E-state index is 0.288. The molecule has 0 aromatic carbocycles. The van der Waals surface area contributed by atoms with Gasteiger partial charge in [-0.05, 0) is 39.8 Å². The van der Waals surface area contributed by atoms with Crippen LogP contribution in [0.25, 0.3) is 5.70 Å². The molecule has 2 heterocycles. The van der Waals surface area contributed by atoms with E-state index in [0.29, 0.717) is 0 Å². The smallest absolute Gasteiger partial charge is 0.130 e. The molecule has 3 N–H and O–H groups in total. The van der Waals surface area contributed by atoms with Crippen LogP contribution in [0.3, 0.4) is 0 Å². The maximum absolute atomic E-state index is 4.28. The number of rotatable bonds is 8. The van der Waals surface area contributed by atoms with Gasteiger partial charge >= 0.3 is 0 Å². The van der Waals surface area contributed by atoms with Gasteiger partial charge in [0.05, 0.1) is 22.8 Å². The third-order valence-corrected chi connectivity index (χ3v) is 4.75. The Morgan fingerprint density at radius 1 is 1.28 bits per heavy atom. The normalized spacial score (nSPS) is 14.4. The van der Waals surface area contributed by atoms with E-state index in [1.807, 2.05) is 45.2 Å². The van der Waals surface area contributed by atoms with Crippen molar-refractivity contribution < 1.29 is 0 Å². The lowest BCUT2D eigenvalue weighted by Gasteiger charge is -2.33. The van der Waals surface area contributed by atoms with Crippen LogP contribution < -0.4 is 16.0 Å². The van der Waals surface area contributed by atoms with Crippen molar-refractivity contribution in [2.24, 2.45) is 0 Å². The van der Waals surface area contributed by atoms with Crippen molar-refractivity contribution in [1.29, 1.82) is 0 Å². The van der Waals surface area contributed by atoms with Crippen molar-refractivity contribution in [2.45, 2.75) is 33.7 Å². The van der Waals surface area contributed by atoms with Crippen molar-refractivity contribution in [3.8, 4) is 0 Å². The SMILES string of the molecule is C=C1NC(N(C)C)=C(Nc2ccncc2C(=C)NC(C)C)C=C1N(C)/C(C)=C\C. The van der Waals surface area contributed by atoms with E-state index >= 15 is 0 Å². The Balaban J connectivity index is 2.48. The summed E-state index contributed by atoms with van der Waals surface area (Å²) in [4.78, 5) is 8.44.